The molecule has 0 radical (unpaired) electrons. The van der Waals surface area contributed by atoms with Crippen molar-refractivity contribution in [1.29, 1.82) is 0 Å². The molecule has 0 saturated carbocycles. The van der Waals surface area contributed by atoms with Crippen molar-refractivity contribution in [3.05, 3.63) is 78.2 Å². The van der Waals surface area contributed by atoms with Gasteiger partial charge in [-0.1, -0.05) is 33.6 Å². The Balaban J connectivity index is 0.919. The molecule has 8 bridgehead atoms. The number of aliphatic hydroxyl groups is 1. The number of hydrogen-bond acceptors (Lipinski definition) is 10. The topological polar surface area (TPSA) is 349 Å². The van der Waals surface area contributed by atoms with Gasteiger partial charge in [0.2, 0.25) is 23.4 Å². The summed E-state index contributed by atoms with van der Waals surface area (Å²) in [4.78, 5) is 112. The van der Waals surface area contributed by atoms with Crippen LogP contribution in [0.2, 0.25) is 0 Å². The number of nitrogens with one attached hydrogen (secondary N) is 7. The minimum Gasteiger partial charge on any atom is -0.481 e. The molecule has 1 fully saturated rings. The van der Waals surface area contributed by atoms with Gasteiger partial charge in [0.1, 0.15) is 6.04 Å². The number of aliphatic carboxylic acids is 4. The third kappa shape index (κ3) is 16.0. The predicted octanol–water partition coefficient (Wildman–Crippen LogP) is 5.68. The lowest BCUT2D eigenvalue weighted by Crippen LogP contribution is -2.40. The van der Waals surface area contributed by atoms with E-state index >= 15 is 0 Å². The maximum Gasteiger partial charge on any atom is 0.540 e. The molecule has 22 nitrogen and oxygen atoms in total. The number of H-pyrrole nitrogens is 3. The predicted molar refractivity (Wildman–Crippen MR) is 308 cm³/mol. The van der Waals surface area contributed by atoms with Gasteiger partial charge >= 0.3 is 29.9 Å². The van der Waals surface area contributed by atoms with Crippen LogP contribution in [0.15, 0.2) is 16.4 Å². The molecule has 82 heavy (non-hydrogen) atoms. The Kier molecular flexibility index (Phi) is 22.5. The molecule has 3 aliphatic rings. The lowest BCUT2D eigenvalue weighted by Gasteiger charge is -2.18. The molecule has 3 aromatic rings. The number of carbonyl (C=O) groups is 8. The normalized spacial score (nSPS) is 17.0. The highest BCUT2D eigenvalue weighted by Gasteiger charge is 2.40. The summed E-state index contributed by atoms with van der Waals surface area (Å²) in [5, 5.41) is 63.5. The summed E-state index contributed by atoms with van der Waals surface area (Å²) >= 11 is 0. The van der Waals surface area contributed by atoms with Gasteiger partial charge in [-0.3, -0.25) is 19.2 Å². The van der Waals surface area contributed by atoms with E-state index in [4.69, 9.17) is 5.11 Å². The summed E-state index contributed by atoms with van der Waals surface area (Å²) in [6, 6.07) is -2.25. The zero-order chi connectivity index (χ0) is 59.9. The van der Waals surface area contributed by atoms with Gasteiger partial charge in [0.15, 0.2) is 5.71 Å². The molecule has 2 aliphatic heterocycles. The maximum atomic E-state index is 13.5. The Hall–Kier alpha value is -7.88. The number of aliphatic imine (C=N–C) groups is 1. The van der Waals surface area contributed by atoms with Gasteiger partial charge in [-0.15, -0.1) is 0 Å². The fourth-order valence-corrected chi connectivity index (χ4v) is 11.4. The van der Waals surface area contributed by atoms with Crippen molar-refractivity contribution in [2.75, 3.05) is 20.1 Å². The molecule has 444 valence electrons. The van der Waals surface area contributed by atoms with Crippen LogP contribution in [0.1, 0.15) is 192 Å². The van der Waals surface area contributed by atoms with Gasteiger partial charge in [0, 0.05) is 119 Å². The summed E-state index contributed by atoms with van der Waals surface area (Å²) < 4.78 is 0.601. The van der Waals surface area contributed by atoms with Crippen LogP contribution in [0.3, 0.4) is 0 Å². The zero-order valence-corrected chi connectivity index (χ0v) is 48.3. The molecule has 4 unspecified atom stereocenters. The van der Waals surface area contributed by atoms with Crippen LogP contribution < -0.4 is 32.0 Å². The van der Waals surface area contributed by atoms with Crippen LogP contribution in [-0.2, 0) is 46.4 Å². The van der Waals surface area contributed by atoms with E-state index in [1.807, 2.05) is 0 Å². The molecular weight excluding hydrogens is 1050 g/mol. The van der Waals surface area contributed by atoms with Gasteiger partial charge < -0.3 is 61.8 Å². The molecule has 5 heterocycles. The molecule has 12 N–H and O–H groups in total. The first kappa shape index (κ1) is 63.3. The number of hydrogen-bond donors (Lipinski definition) is 12. The molecule has 6 rings (SSSR count). The molecule has 22 heteroatoms. The number of carboxylic acids is 4. The summed E-state index contributed by atoms with van der Waals surface area (Å²) in [6.45, 7) is 13.5. The van der Waals surface area contributed by atoms with Crippen LogP contribution in [0, 0.1) is 32.6 Å². The van der Waals surface area contributed by atoms with Crippen LogP contribution in [0.25, 0.3) is 23.8 Å². The number of nitrogens with zero attached hydrogens (tertiary/aromatic N) is 2. The van der Waals surface area contributed by atoms with Gasteiger partial charge in [-0.25, -0.2) is 14.4 Å². The lowest BCUT2D eigenvalue weighted by atomic mass is 9.86. The molecule has 1 aliphatic carbocycles. The first-order valence-corrected chi connectivity index (χ1v) is 28.7. The highest BCUT2D eigenvalue weighted by molar-refractivity contribution is 6.37. The Morgan fingerprint density at radius 3 is 1.93 bits per heavy atom. The second-order valence-corrected chi connectivity index (χ2v) is 21.7. The molecule has 4 atom stereocenters. The zero-order valence-electron chi connectivity index (χ0n) is 48.3. The summed E-state index contributed by atoms with van der Waals surface area (Å²) in [5.74, 6) is -6.16. The van der Waals surface area contributed by atoms with Crippen molar-refractivity contribution in [2.24, 2.45) is 16.8 Å². The number of amides is 5. The van der Waals surface area contributed by atoms with Gasteiger partial charge in [-0.05, 0) is 137 Å². The van der Waals surface area contributed by atoms with Crippen molar-refractivity contribution in [2.45, 2.75) is 176 Å². The Labute approximate surface area is 476 Å². The first-order chi connectivity index (χ1) is 39.0. The second-order valence-electron chi connectivity index (χ2n) is 21.7. The highest BCUT2D eigenvalue weighted by atomic mass is 16.4. The summed E-state index contributed by atoms with van der Waals surface area (Å²) in [6.07, 6.45) is 12.2. The largest absolute Gasteiger partial charge is 0.540 e. The molecule has 5 amide bonds. The van der Waals surface area contributed by atoms with Crippen LogP contribution in [0.4, 0.5) is 4.79 Å². The number of carboxylic acid groups (broad SMARTS) is 4. The number of carbonyl (C=O) groups excluding carboxylic acids is 4. The van der Waals surface area contributed by atoms with E-state index in [0.717, 1.165) is 81.5 Å². The average Bonchev–Trinajstić information content (AvgIpc) is 4.35. The van der Waals surface area contributed by atoms with Gasteiger partial charge in [0.05, 0.1) is 19.6 Å². The highest BCUT2D eigenvalue weighted by Crippen LogP contribution is 2.49. The summed E-state index contributed by atoms with van der Waals surface area (Å²) in [5.41, 5.74) is 12.8. The molecule has 3 aromatic heterocycles. The van der Waals surface area contributed by atoms with E-state index < -0.39 is 66.3 Å². The number of aromatic nitrogens is 3. The standard InChI is InChI=1S/C60H81N9O13/c1-8-36-32(3)42-29-44-34(5)38(55(66-44)39-28-49(70)54-35(6)45(67-56(39)54)31-47-37(9-2)33(4)43(64-47)30-46(36)63-42)22-24-51(72)62-27-16-14-18-40(57(76)77)65-52(73)21-13-11-10-12-20-50(71)61-26-17-15-19-41(58(78)79)68-60(82)69(7)48(59(80)81)23-25-53(74)75/h29-31,34,38,40,49,63-64,66-67,70H,8-28H2,1-7H3,(H6-,61,62,65,71,72,73,74,75,76,77,78,79,80,81)/p+1. The van der Waals surface area contributed by atoms with E-state index in [9.17, 15) is 58.8 Å². The molecular formula is C60H82N9O13+. The minimum atomic E-state index is -1.54. The van der Waals surface area contributed by atoms with Crippen LogP contribution >= 0.6 is 0 Å². The molecule has 0 spiro atoms. The summed E-state index contributed by atoms with van der Waals surface area (Å²) in [7, 11) is 1.06. The van der Waals surface area contributed by atoms with Crippen LogP contribution in [-0.4, -0.2) is 130 Å². The minimum absolute atomic E-state index is 0.0302. The van der Waals surface area contributed by atoms with E-state index in [1.54, 1.807) is 0 Å². The number of unbranched alkanes of at least 4 members (excludes halogenated alkanes) is 5. The second kappa shape index (κ2) is 29.2. The average molecular weight is 1140 g/mol. The lowest BCUT2D eigenvalue weighted by molar-refractivity contribution is -0.391. The first-order valence-electron chi connectivity index (χ1n) is 28.7. The Morgan fingerprint density at radius 1 is 0.671 bits per heavy atom. The van der Waals surface area contributed by atoms with Crippen LogP contribution in [0.5, 0.6) is 0 Å². The number of rotatable bonds is 29. The number of urea groups is 1. The van der Waals surface area contributed by atoms with E-state index in [-0.39, 0.29) is 74.6 Å². The van der Waals surface area contributed by atoms with Crippen molar-refractivity contribution >= 4 is 82.9 Å². The number of aromatic amines is 3. The fourth-order valence-electron chi connectivity index (χ4n) is 11.4. The smallest absolute Gasteiger partial charge is 0.481 e. The number of fused-ring (bicyclic) bond motifs is 7. The van der Waals surface area contributed by atoms with E-state index in [2.05, 4.69) is 101 Å². The van der Waals surface area contributed by atoms with Crippen molar-refractivity contribution in [3.63, 3.8) is 0 Å². The van der Waals surface area contributed by atoms with Crippen molar-refractivity contribution in [1.82, 2.24) is 36.2 Å². The monoisotopic (exact) mass is 1140 g/mol. The number of aliphatic hydroxyl groups excluding tert-OH is 1. The molecule has 0 aromatic carbocycles. The molecule has 1 saturated heterocycles. The van der Waals surface area contributed by atoms with E-state index in [0.29, 0.717) is 68.9 Å². The van der Waals surface area contributed by atoms with Gasteiger partial charge in [-0.2, -0.15) is 9.37 Å². The van der Waals surface area contributed by atoms with Gasteiger partial charge in [0.25, 0.3) is 0 Å². The third-order valence-corrected chi connectivity index (χ3v) is 16.2. The third-order valence-electron chi connectivity index (χ3n) is 16.2. The Bertz CT molecular complexity index is 3210. The van der Waals surface area contributed by atoms with Crippen molar-refractivity contribution in [3.8, 4) is 0 Å². The Morgan fingerprint density at radius 2 is 1.29 bits per heavy atom. The fraction of sp³-hybridized carbons (Fsp3) is 0.533. The SMILES string of the molecule is CCc1c2[nH]c(c1C)C=C1NC(=C3CC(O)c4c3[nH]c(c4C)C=c3[nH]c(c(C)c3CC)=C2)C(CCC(=O)NCCCCC(NC(=O)CCCCCCC(=O)NCCCCC(=NC(=O)[N+](C)=C(CCC(=O)O)C(=O)O)C(=O)O)C(=O)O)C1C. The number of allylic oxidation sites excluding steroid dienone is 2. The quantitative estimate of drug-likeness (QED) is 0.0226. The van der Waals surface area contributed by atoms with Crippen molar-refractivity contribution < 1.29 is 68.5 Å². The van der Waals surface area contributed by atoms with E-state index in [1.165, 1.54) is 22.3 Å². The maximum absolute atomic E-state index is 13.5.